The van der Waals surface area contributed by atoms with Gasteiger partial charge in [0, 0.05) is 12.1 Å². The number of hydrogen-bond donors (Lipinski definition) is 3. The molecule has 3 aromatic heterocycles. The highest BCUT2D eigenvalue weighted by Crippen LogP contribution is 2.33. The number of benzene rings is 2. The number of nitrogens with zero attached hydrogens (tertiary/aromatic N) is 6. The lowest BCUT2D eigenvalue weighted by Crippen LogP contribution is -2.32. The average molecular weight is 529 g/mol. The topological polar surface area (TPSA) is 173 Å². The van der Waals surface area contributed by atoms with Crippen LogP contribution in [0.5, 0.6) is 0 Å². The summed E-state index contributed by atoms with van der Waals surface area (Å²) in [6.07, 6.45) is 1.34. The number of carbonyl (C=O) groups excluding carboxylic acids is 2. The van der Waals surface area contributed by atoms with Crippen LogP contribution in [0.1, 0.15) is 55.7 Å². The van der Waals surface area contributed by atoms with E-state index < -0.39 is 17.6 Å². The van der Waals surface area contributed by atoms with Gasteiger partial charge in [-0.1, -0.05) is 24.3 Å². The number of amides is 2. The molecule has 2 aromatic carbocycles. The van der Waals surface area contributed by atoms with E-state index in [9.17, 15) is 18.8 Å². The molecule has 1 aliphatic rings. The van der Waals surface area contributed by atoms with Crippen LogP contribution >= 0.6 is 0 Å². The molecular formula is C25H20FN9O4. The predicted octanol–water partition coefficient (Wildman–Crippen LogP) is 1.66. The molecular weight excluding hydrogens is 509 g/mol. The standard InChI is InChI=1S/C25H20FN9O4/c1-12-8-13(2-6-17(12)26)11-27-22(36)19-10-20(35-24(29-19)32-39-25(35)38)23(37)28-18-7-4-14-9-15(3-5-16(14)18)21-30-33-34-31-21/h2-3,5-6,8-10,18H,4,7,11H2,1H3,(H,27,36)(H,28,37)(H,30,31,33,34)/t18-/m0/s1. The molecule has 13 nitrogen and oxygen atoms in total. The van der Waals surface area contributed by atoms with Crippen LogP contribution in [0.15, 0.2) is 51.8 Å². The fourth-order valence-electron chi connectivity index (χ4n) is 4.65. The number of nitrogens with one attached hydrogen (secondary N) is 3. The summed E-state index contributed by atoms with van der Waals surface area (Å²) in [5.74, 6) is -2.22. The first kappa shape index (κ1) is 24.1. The van der Waals surface area contributed by atoms with E-state index in [2.05, 4.69) is 41.4 Å². The zero-order valence-electron chi connectivity index (χ0n) is 20.4. The molecule has 0 saturated heterocycles. The first-order valence-electron chi connectivity index (χ1n) is 12.0. The fourth-order valence-corrected chi connectivity index (χ4v) is 4.65. The molecule has 0 bridgehead atoms. The van der Waals surface area contributed by atoms with Crippen molar-refractivity contribution in [2.24, 2.45) is 0 Å². The Labute approximate surface area is 218 Å². The van der Waals surface area contributed by atoms with Crippen LogP contribution in [-0.2, 0) is 13.0 Å². The third kappa shape index (κ3) is 4.52. The van der Waals surface area contributed by atoms with E-state index in [1.165, 1.54) is 12.1 Å². The molecule has 196 valence electrons. The minimum absolute atomic E-state index is 0.102. The Morgan fingerprint density at radius 2 is 2.05 bits per heavy atom. The maximum atomic E-state index is 13.5. The number of rotatable bonds is 6. The molecule has 14 heteroatoms. The van der Waals surface area contributed by atoms with E-state index in [0.717, 1.165) is 21.1 Å². The third-order valence-corrected chi connectivity index (χ3v) is 6.59. The summed E-state index contributed by atoms with van der Waals surface area (Å²) >= 11 is 0. The first-order chi connectivity index (χ1) is 18.9. The number of aryl methyl sites for hydroxylation is 2. The van der Waals surface area contributed by atoms with E-state index in [4.69, 9.17) is 4.52 Å². The summed E-state index contributed by atoms with van der Waals surface area (Å²) in [6, 6.07) is 11.1. The van der Waals surface area contributed by atoms with Crippen molar-refractivity contribution in [1.29, 1.82) is 0 Å². The average Bonchev–Trinajstić information content (AvgIpc) is 3.69. The Morgan fingerprint density at radius 3 is 2.85 bits per heavy atom. The van der Waals surface area contributed by atoms with Crippen molar-refractivity contribution in [3.8, 4) is 11.4 Å². The van der Waals surface area contributed by atoms with Gasteiger partial charge >= 0.3 is 5.76 Å². The number of fused-ring (bicyclic) bond motifs is 2. The Morgan fingerprint density at radius 1 is 1.18 bits per heavy atom. The molecule has 0 saturated carbocycles. The van der Waals surface area contributed by atoms with Gasteiger partial charge in [-0.3, -0.25) is 14.1 Å². The van der Waals surface area contributed by atoms with Crippen LogP contribution in [0, 0.1) is 12.7 Å². The highest BCUT2D eigenvalue weighted by Gasteiger charge is 2.27. The smallest absolute Gasteiger partial charge is 0.347 e. The SMILES string of the molecule is Cc1cc(CNC(=O)c2cc(C(=O)N[C@H]3CCc4cc(-c5nn[nH]n5)ccc43)n3c(=O)onc3n2)ccc1F. The summed E-state index contributed by atoms with van der Waals surface area (Å²) in [7, 11) is 0. The molecule has 2 amide bonds. The van der Waals surface area contributed by atoms with Crippen LogP contribution in [0.4, 0.5) is 4.39 Å². The summed E-state index contributed by atoms with van der Waals surface area (Å²) in [5, 5.41) is 23.2. The Kier molecular flexibility index (Phi) is 5.90. The quantitative estimate of drug-likeness (QED) is 0.296. The van der Waals surface area contributed by atoms with Crippen molar-refractivity contribution in [3.63, 3.8) is 0 Å². The number of carbonyl (C=O) groups is 2. The second-order valence-electron chi connectivity index (χ2n) is 9.09. The monoisotopic (exact) mass is 529 g/mol. The maximum absolute atomic E-state index is 13.5. The zero-order chi connectivity index (χ0) is 27.1. The van der Waals surface area contributed by atoms with Gasteiger partial charge in [-0.25, -0.2) is 18.6 Å². The molecule has 6 rings (SSSR count). The zero-order valence-corrected chi connectivity index (χ0v) is 20.4. The van der Waals surface area contributed by atoms with Crippen molar-refractivity contribution in [3.05, 3.63) is 92.5 Å². The minimum atomic E-state index is -0.909. The largest absolute Gasteiger partial charge is 0.448 e. The van der Waals surface area contributed by atoms with E-state index in [1.807, 2.05) is 18.2 Å². The van der Waals surface area contributed by atoms with Crippen LogP contribution in [0.3, 0.4) is 0 Å². The molecule has 0 unspecified atom stereocenters. The van der Waals surface area contributed by atoms with Gasteiger partial charge in [0.2, 0.25) is 5.82 Å². The van der Waals surface area contributed by atoms with Gasteiger partial charge in [0.05, 0.1) is 6.04 Å². The van der Waals surface area contributed by atoms with E-state index in [0.29, 0.717) is 29.8 Å². The predicted molar refractivity (Wildman–Crippen MR) is 132 cm³/mol. The van der Waals surface area contributed by atoms with Gasteiger partial charge in [-0.15, -0.1) is 10.2 Å². The van der Waals surface area contributed by atoms with Crippen LogP contribution in [0.25, 0.3) is 17.2 Å². The lowest BCUT2D eigenvalue weighted by Gasteiger charge is -2.15. The van der Waals surface area contributed by atoms with E-state index in [1.54, 1.807) is 19.1 Å². The third-order valence-electron chi connectivity index (χ3n) is 6.59. The van der Waals surface area contributed by atoms with Crippen LogP contribution in [0.2, 0.25) is 0 Å². The number of aromatic nitrogens is 7. The molecule has 0 radical (unpaired) electrons. The minimum Gasteiger partial charge on any atom is -0.347 e. The first-order valence-corrected chi connectivity index (χ1v) is 12.0. The molecule has 3 N–H and O–H groups in total. The number of H-pyrrole nitrogens is 1. The number of tetrazole rings is 1. The van der Waals surface area contributed by atoms with Crippen LogP contribution in [-0.4, -0.2) is 47.0 Å². The fraction of sp³-hybridized carbons (Fsp3) is 0.200. The van der Waals surface area contributed by atoms with Gasteiger partial charge < -0.3 is 10.6 Å². The van der Waals surface area contributed by atoms with Gasteiger partial charge in [0.15, 0.2) is 0 Å². The lowest BCUT2D eigenvalue weighted by atomic mass is 10.0. The van der Waals surface area contributed by atoms with Crippen molar-refractivity contribution in [2.45, 2.75) is 32.4 Å². The Balaban J connectivity index is 1.24. The Hall–Kier alpha value is -5.27. The number of aromatic amines is 1. The van der Waals surface area contributed by atoms with Crippen molar-refractivity contribution >= 4 is 17.6 Å². The van der Waals surface area contributed by atoms with Gasteiger partial charge in [-0.05, 0) is 70.6 Å². The Bertz CT molecular complexity index is 1800. The highest BCUT2D eigenvalue weighted by atomic mass is 19.1. The van der Waals surface area contributed by atoms with Crippen molar-refractivity contribution in [2.75, 3.05) is 0 Å². The second-order valence-corrected chi connectivity index (χ2v) is 9.09. The highest BCUT2D eigenvalue weighted by molar-refractivity contribution is 5.98. The normalized spacial score (nSPS) is 14.4. The molecule has 1 atom stereocenters. The van der Waals surface area contributed by atoms with Gasteiger partial charge in [0.25, 0.3) is 17.6 Å². The van der Waals surface area contributed by atoms with Crippen LogP contribution < -0.4 is 16.4 Å². The summed E-state index contributed by atoms with van der Waals surface area (Å²) in [5.41, 5.74) is 3.59. The molecule has 0 aliphatic heterocycles. The summed E-state index contributed by atoms with van der Waals surface area (Å²) in [4.78, 5) is 42.7. The maximum Gasteiger partial charge on any atom is 0.448 e. The molecule has 1 aliphatic carbocycles. The second kappa shape index (κ2) is 9.55. The molecule has 39 heavy (non-hydrogen) atoms. The van der Waals surface area contributed by atoms with Gasteiger partial charge in [-0.2, -0.15) is 5.21 Å². The van der Waals surface area contributed by atoms with Crippen molar-refractivity contribution < 1.29 is 18.5 Å². The lowest BCUT2D eigenvalue weighted by molar-refractivity contribution is 0.0929. The number of hydrogen-bond acceptors (Lipinski definition) is 9. The summed E-state index contributed by atoms with van der Waals surface area (Å²) in [6.45, 7) is 1.73. The number of halogens is 1. The molecule has 5 aromatic rings. The van der Waals surface area contributed by atoms with E-state index in [-0.39, 0.29) is 35.6 Å². The van der Waals surface area contributed by atoms with Gasteiger partial charge in [0.1, 0.15) is 17.2 Å². The summed E-state index contributed by atoms with van der Waals surface area (Å²) < 4.78 is 19.2. The molecule has 0 fully saturated rings. The molecule has 3 heterocycles. The molecule has 0 spiro atoms. The van der Waals surface area contributed by atoms with E-state index >= 15 is 0 Å². The van der Waals surface area contributed by atoms with Crippen molar-refractivity contribution in [1.82, 2.24) is 45.8 Å².